The third kappa shape index (κ3) is 3.09. The SMILES string of the molecule is Fc1ccc(-c2cnc(C3CCN(c4ncnc5c4CCN5)CC3)[nH]2)cc1Cl. The lowest BCUT2D eigenvalue weighted by atomic mass is 9.96. The van der Waals surface area contributed by atoms with Crippen LogP contribution in [0.2, 0.25) is 5.02 Å². The molecule has 2 aliphatic rings. The summed E-state index contributed by atoms with van der Waals surface area (Å²) >= 11 is 5.90. The number of nitrogens with zero attached hydrogens (tertiary/aromatic N) is 4. The Morgan fingerprint density at radius 1 is 1.14 bits per heavy atom. The Bertz CT molecular complexity index is 1010. The number of aromatic nitrogens is 4. The number of aromatic amines is 1. The minimum Gasteiger partial charge on any atom is -0.369 e. The number of benzene rings is 1. The molecule has 0 radical (unpaired) electrons. The summed E-state index contributed by atoms with van der Waals surface area (Å²) < 4.78 is 13.4. The third-order valence-electron chi connectivity index (χ3n) is 5.60. The maximum Gasteiger partial charge on any atom is 0.141 e. The van der Waals surface area contributed by atoms with Gasteiger partial charge in [0.2, 0.25) is 0 Å². The molecule has 2 aromatic heterocycles. The zero-order valence-corrected chi connectivity index (χ0v) is 16.0. The summed E-state index contributed by atoms with van der Waals surface area (Å²) in [6.45, 7) is 2.80. The molecule has 0 spiro atoms. The van der Waals surface area contributed by atoms with Gasteiger partial charge in [-0.2, -0.15) is 0 Å². The predicted octanol–water partition coefficient (Wildman–Crippen LogP) is 4.01. The van der Waals surface area contributed by atoms with Crippen LogP contribution in [-0.2, 0) is 6.42 Å². The third-order valence-corrected chi connectivity index (χ3v) is 5.89. The number of halogens is 2. The number of fused-ring (bicyclic) bond motifs is 1. The average Bonchev–Trinajstić information content (AvgIpc) is 3.39. The number of hydrogen-bond donors (Lipinski definition) is 2. The van der Waals surface area contributed by atoms with Crippen LogP contribution in [0.5, 0.6) is 0 Å². The van der Waals surface area contributed by atoms with Crippen LogP contribution in [0.4, 0.5) is 16.0 Å². The quantitative estimate of drug-likeness (QED) is 0.697. The fourth-order valence-corrected chi connectivity index (χ4v) is 4.26. The van der Waals surface area contributed by atoms with Gasteiger partial charge in [0.05, 0.1) is 16.9 Å². The molecule has 1 fully saturated rings. The van der Waals surface area contributed by atoms with Crippen molar-refractivity contribution in [1.82, 2.24) is 19.9 Å². The van der Waals surface area contributed by atoms with Gasteiger partial charge in [-0.25, -0.2) is 19.3 Å². The maximum atomic E-state index is 13.4. The van der Waals surface area contributed by atoms with Crippen LogP contribution in [-0.4, -0.2) is 39.6 Å². The predicted molar refractivity (Wildman–Crippen MR) is 107 cm³/mol. The number of anilines is 2. The maximum absolute atomic E-state index is 13.4. The molecule has 5 rings (SSSR count). The first kappa shape index (κ1) is 17.4. The molecule has 0 bridgehead atoms. The van der Waals surface area contributed by atoms with Crippen molar-refractivity contribution in [3.05, 3.63) is 53.0 Å². The summed E-state index contributed by atoms with van der Waals surface area (Å²) in [5.74, 6) is 2.97. The Morgan fingerprint density at radius 3 is 2.82 bits per heavy atom. The molecule has 28 heavy (non-hydrogen) atoms. The van der Waals surface area contributed by atoms with Gasteiger partial charge in [0.25, 0.3) is 0 Å². The fourth-order valence-electron chi connectivity index (χ4n) is 4.08. The molecule has 0 amide bonds. The Kier molecular flexibility index (Phi) is 4.39. The minimum absolute atomic E-state index is 0.119. The number of piperidine rings is 1. The van der Waals surface area contributed by atoms with Crippen LogP contribution in [0.1, 0.15) is 30.1 Å². The van der Waals surface area contributed by atoms with Gasteiger partial charge in [-0.05, 0) is 37.5 Å². The lowest BCUT2D eigenvalue weighted by Gasteiger charge is -2.32. The van der Waals surface area contributed by atoms with Gasteiger partial charge in [-0.1, -0.05) is 11.6 Å². The molecule has 1 saturated heterocycles. The summed E-state index contributed by atoms with van der Waals surface area (Å²) in [7, 11) is 0. The van der Waals surface area contributed by atoms with E-state index in [1.807, 2.05) is 0 Å². The van der Waals surface area contributed by atoms with Crippen molar-refractivity contribution < 1.29 is 4.39 Å². The topological polar surface area (TPSA) is 69.7 Å². The molecule has 1 aromatic carbocycles. The van der Waals surface area contributed by atoms with Crippen molar-refractivity contribution in [2.24, 2.45) is 0 Å². The van der Waals surface area contributed by atoms with Crippen molar-refractivity contribution in [3.8, 4) is 11.3 Å². The number of H-pyrrole nitrogens is 1. The molecule has 6 nitrogen and oxygen atoms in total. The monoisotopic (exact) mass is 398 g/mol. The van der Waals surface area contributed by atoms with Gasteiger partial charge in [-0.3, -0.25) is 0 Å². The molecular weight excluding hydrogens is 379 g/mol. The first-order valence-electron chi connectivity index (χ1n) is 9.52. The van der Waals surface area contributed by atoms with Gasteiger partial charge >= 0.3 is 0 Å². The second-order valence-electron chi connectivity index (χ2n) is 7.27. The van der Waals surface area contributed by atoms with Gasteiger partial charge in [0, 0.05) is 36.7 Å². The molecule has 144 valence electrons. The van der Waals surface area contributed by atoms with Crippen LogP contribution in [0, 0.1) is 5.82 Å². The highest BCUT2D eigenvalue weighted by Gasteiger charge is 2.27. The number of imidazole rings is 1. The lowest BCUT2D eigenvalue weighted by molar-refractivity contribution is 0.485. The van der Waals surface area contributed by atoms with Crippen LogP contribution in [0.25, 0.3) is 11.3 Å². The van der Waals surface area contributed by atoms with E-state index in [4.69, 9.17) is 11.6 Å². The molecule has 0 saturated carbocycles. The lowest BCUT2D eigenvalue weighted by Crippen LogP contribution is -2.34. The van der Waals surface area contributed by atoms with E-state index in [9.17, 15) is 4.39 Å². The molecule has 0 atom stereocenters. The van der Waals surface area contributed by atoms with Gasteiger partial charge < -0.3 is 15.2 Å². The first-order valence-corrected chi connectivity index (χ1v) is 9.90. The van der Waals surface area contributed by atoms with Gasteiger partial charge in [-0.15, -0.1) is 0 Å². The smallest absolute Gasteiger partial charge is 0.141 e. The molecule has 0 unspecified atom stereocenters. The van der Waals surface area contributed by atoms with Crippen LogP contribution >= 0.6 is 11.6 Å². The molecule has 2 N–H and O–H groups in total. The first-order chi connectivity index (χ1) is 13.7. The molecular formula is C20H20ClFN6. The Balaban J connectivity index is 1.29. The van der Waals surface area contributed by atoms with E-state index in [1.54, 1.807) is 24.7 Å². The summed E-state index contributed by atoms with van der Waals surface area (Å²) in [5.41, 5.74) is 2.93. The summed E-state index contributed by atoms with van der Waals surface area (Å²) in [6, 6.07) is 4.72. The summed E-state index contributed by atoms with van der Waals surface area (Å²) in [4.78, 5) is 19.2. The molecule has 8 heteroatoms. The van der Waals surface area contributed by atoms with Gasteiger partial charge in [0.15, 0.2) is 0 Å². The number of hydrogen-bond acceptors (Lipinski definition) is 5. The van der Waals surface area contributed by atoms with E-state index < -0.39 is 5.82 Å². The van der Waals surface area contributed by atoms with Crippen molar-refractivity contribution in [2.75, 3.05) is 29.9 Å². The fraction of sp³-hybridized carbons (Fsp3) is 0.350. The van der Waals surface area contributed by atoms with Crippen LogP contribution in [0.3, 0.4) is 0 Å². The standard InChI is InChI=1S/C20H20ClFN6/c21-15-9-13(1-2-16(15)22)17-10-24-18(27-17)12-4-7-28(8-5-12)20-14-3-6-23-19(14)25-11-26-20/h1-2,9-12H,3-8H2,(H,24,27)(H,23,25,26). The normalized spacial score (nSPS) is 16.9. The van der Waals surface area contributed by atoms with E-state index in [1.165, 1.54) is 11.6 Å². The van der Waals surface area contributed by atoms with E-state index in [0.29, 0.717) is 5.92 Å². The van der Waals surface area contributed by atoms with Crippen LogP contribution in [0.15, 0.2) is 30.7 Å². The Morgan fingerprint density at radius 2 is 2.00 bits per heavy atom. The van der Waals surface area contributed by atoms with Crippen molar-refractivity contribution >= 4 is 23.2 Å². The summed E-state index contributed by atoms with van der Waals surface area (Å²) in [5, 5.41) is 3.43. The van der Waals surface area contributed by atoms with E-state index >= 15 is 0 Å². The number of nitrogens with one attached hydrogen (secondary N) is 2. The average molecular weight is 399 g/mol. The molecule has 2 aliphatic heterocycles. The highest BCUT2D eigenvalue weighted by molar-refractivity contribution is 6.31. The highest BCUT2D eigenvalue weighted by Crippen LogP contribution is 2.34. The zero-order valence-electron chi connectivity index (χ0n) is 15.3. The molecule has 4 heterocycles. The largest absolute Gasteiger partial charge is 0.369 e. The van der Waals surface area contributed by atoms with Crippen LogP contribution < -0.4 is 10.2 Å². The van der Waals surface area contributed by atoms with Crippen molar-refractivity contribution in [3.63, 3.8) is 0 Å². The number of rotatable bonds is 3. The highest BCUT2D eigenvalue weighted by atomic mass is 35.5. The zero-order chi connectivity index (χ0) is 19.1. The van der Waals surface area contributed by atoms with Crippen molar-refractivity contribution in [1.29, 1.82) is 0 Å². The molecule has 3 aromatic rings. The Hall–Kier alpha value is -2.67. The Labute approximate surface area is 167 Å². The van der Waals surface area contributed by atoms with E-state index in [-0.39, 0.29) is 5.02 Å². The van der Waals surface area contributed by atoms with Gasteiger partial charge in [0.1, 0.15) is 29.6 Å². The molecule has 0 aliphatic carbocycles. The van der Waals surface area contributed by atoms with E-state index in [0.717, 1.165) is 67.6 Å². The summed E-state index contributed by atoms with van der Waals surface area (Å²) in [6.07, 6.45) is 6.43. The second kappa shape index (κ2) is 7.05. The second-order valence-corrected chi connectivity index (χ2v) is 7.68. The van der Waals surface area contributed by atoms with Crippen molar-refractivity contribution in [2.45, 2.75) is 25.2 Å². The minimum atomic E-state index is -0.413. The van der Waals surface area contributed by atoms with E-state index in [2.05, 4.69) is 30.2 Å².